The number of thiol groups is 1. The van der Waals surface area contributed by atoms with E-state index in [-0.39, 0.29) is 17.5 Å². The highest BCUT2D eigenvalue weighted by Crippen LogP contribution is 2.40. The number of carboxylic acid groups (broad SMARTS) is 1. The SMILES string of the molecule is O=C(O)c1cc(O)c(O)c(O)c1CCCSS. The van der Waals surface area contributed by atoms with Gasteiger partial charge in [0.15, 0.2) is 11.5 Å². The first-order chi connectivity index (χ1) is 7.99. The number of hydrogen-bond donors (Lipinski definition) is 5. The zero-order valence-electron chi connectivity index (χ0n) is 8.75. The van der Waals surface area contributed by atoms with Gasteiger partial charge in [0.2, 0.25) is 5.75 Å². The van der Waals surface area contributed by atoms with E-state index < -0.39 is 23.2 Å². The van der Waals surface area contributed by atoms with Crippen LogP contribution in [0.1, 0.15) is 22.3 Å². The van der Waals surface area contributed by atoms with Crippen molar-refractivity contribution in [2.75, 3.05) is 5.75 Å². The van der Waals surface area contributed by atoms with E-state index in [1.807, 2.05) is 0 Å². The minimum atomic E-state index is -1.26. The van der Waals surface area contributed by atoms with Crippen molar-refractivity contribution in [1.82, 2.24) is 0 Å². The van der Waals surface area contributed by atoms with E-state index in [1.165, 1.54) is 10.8 Å². The van der Waals surface area contributed by atoms with Gasteiger partial charge in [-0.25, -0.2) is 4.79 Å². The molecule has 0 bridgehead atoms. The van der Waals surface area contributed by atoms with Crippen molar-refractivity contribution >= 4 is 28.4 Å². The molecule has 0 heterocycles. The van der Waals surface area contributed by atoms with Gasteiger partial charge in [-0.1, -0.05) is 10.8 Å². The average Bonchev–Trinajstić information content (AvgIpc) is 2.28. The third-order valence-corrected chi connectivity index (χ3v) is 3.27. The Morgan fingerprint density at radius 2 is 1.94 bits per heavy atom. The van der Waals surface area contributed by atoms with Crippen LogP contribution in [0.5, 0.6) is 17.2 Å². The summed E-state index contributed by atoms with van der Waals surface area (Å²) in [7, 11) is 1.30. The van der Waals surface area contributed by atoms with Gasteiger partial charge in [0, 0.05) is 11.3 Å². The van der Waals surface area contributed by atoms with Crippen LogP contribution in [0.4, 0.5) is 0 Å². The Kier molecular flexibility index (Phi) is 4.83. The molecule has 4 N–H and O–H groups in total. The zero-order valence-corrected chi connectivity index (χ0v) is 10.5. The molecule has 0 aromatic heterocycles. The third-order valence-electron chi connectivity index (χ3n) is 2.25. The van der Waals surface area contributed by atoms with Gasteiger partial charge in [-0.2, -0.15) is 0 Å². The van der Waals surface area contributed by atoms with Crippen LogP contribution in [0.15, 0.2) is 6.07 Å². The van der Waals surface area contributed by atoms with Crippen LogP contribution in [0.25, 0.3) is 0 Å². The topological polar surface area (TPSA) is 98.0 Å². The first-order valence-electron chi connectivity index (χ1n) is 4.75. The second kappa shape index (κ2) is 5.92. The predicted molar refractivity (Wildman–Crippen MR) is 68.2 cm³/mol. The van der Waals surface area contributed by atoms with Crippen LogP contribution in [-0.2, 0) is 6.42 Å². The molecular weight excluding hydrogens is 264 g/mol. The lowest BCUT2D eigenvalue weighted by Crippen LogP contribution is -2.03. The summed E-state index contributed by atoms with van der Waals surface area (Å²) in [5.41, 5.74) is -0.0860. The molecule has 0 saturated heterocycles. The molecule has 0 atom stereocenters. The Labute approximate surface area is 107 Å². The van der Waals surface area contributed by atoms with Gasteiger partial charge in [-0.3, -0.25) is 0 Å². The van der Waals surface area contributed by atoms with Crippen molar-refractivity contribution in [1.29, 1.82) is 0 Å². The summed E-state index contributed by atoms with van der Waals surface area (Å²) in [6.07, 6.45) is 0.890. The number of aromatic carboxylic acids is 1. The average molecular weight is 276 g/mol. The number of phenolic OH excluding ortho intramolecular Hbond substituents is 3. The highest BCUT2D eigenvalue weighted by atomic mass is 33.1. The lowest BCUT2D eigenvalue weighted by molar-refractivity contribution is 0.0694. The van der Waals surface area contributed by atoms with Crippen LogP contribution < -0.4 is 0 Å². The van der Waals surface area contributed by atoms with Crippen molar-refractivity contribution in [3.8, 4) is 17.2 Å². The molecule has 0 radical (unpaired) electrons. The van der Waals surface area contributed by atoms with Crippen LogP contribution in [-0.4, -0.2) is 32.1 Å². The highest BCUT2D eigenvalue weighted by Gasteiger charge is 2.20. The fourth-order valence-corrected chi connectivity index (χ4v) is 2.10. The maximum Gasteiger partial charge on any atom is 0.336 e. The second-order valence-corrected chi connectivity index (χ2v) is 4.80. The monoisotopic (exact) mass is 276 g/mol. The lowest BCUT2D eigenvalue weighted by Gasteiger charge is -2.11. The van der Waals surface area contributed by atoms with Gasteiger partial charge < -0.3 is 20.4 Å². The van der Waals surface area contributed by atoms with Gasteiger partial charge in [-0.15, -0.1) is 11.7 Å². The van der Waals surface area contributed by atoms with Gasteiger partial charge in [0.05, 0.1) is 5.56 Å². The minimum Gasteiger partial charge on any atom is -0.504 e. The molecule has 0 aliphatic carbocycles. The van der Waals surface area contributed by atoms with Crippen molar-refractivity contribution in [3.05, 3.63) is 17.2 Å². The van der Waals surface area contributed by atoms with Gasteiger partial charge in [-0.05, 0) is 18.9 Å². The van der Waals surface area contributed by atoms with Crippen molar-refractivity contribution in [3.63, 3.8) is 0 Å². The Morgan fingerprint density at radius 3 is 2.47 bits per heavy atom. The number of carboxylic acids is 1. The Balaban J connectivity index is 3.15. The van der Waals surface area contributed by atoms with Crippen LogP contribution in [0.3, 0.4) is 0 Å². The Hall–Kier alpha value is -1.21. The van der Waals surface area contributed by atoms with E-state index in [0.717, 1.165) is 6.07 Å². The molecule has 94 valence electrons. The number of phenols is 3. The largest absolute Gasteiger partial charge is 0.504 e. The molecule has 0 fully saturated rings. The second-order valence-electron chi connectivity index (χ2n) is 3.36. The van der Waals surface area contributed by atoms with E-state index in [9.17, 15) is 20.1 Å². The van der Waals surface area contributed by atoms with E-state index in [4.69, 9.17) is 5.11 Å². The summed E-state index contributed by atoms with van der Waals surface area (Å²) < 4.78 is 0. The first kappa shape index (κ1) is 13.9. The number of rotatable bonds is 5. The number of hydrogen-bond acceptors (Lipinski definition) is 6. The number of benzene rings is 1. The third kappa shape index (κ3) is 3.13. The normalized spacial score (nSPS) is 10.4. The van der Waals surface area contributed by atoms with Crippen LogP contribution in [0.2, 0.25) is 0 Å². The molecule has 0 saturated carbocycles. The number of aromatic hydroxyl groups is 3. The fraction of sp³-hybridized carbons (Fsp3) is 0.300. The van der Waals surface area contributed by atoms with Gasteiger partial charge in [0.1, 0.15) is 0 Å². The van der Waals surface area contributed by atoms with E-state index in [0.29, 0.717) is 12.2 Å². The predicted octanol–water partition coefficient (Wildman–Crippen LogP) is 2.01. The molecule has 0 aliphatic rings. The molecule has 1 aromatic carbocycles. The summed E-state index contributed by atoms with van der Waals surface area (Å²) in [6.45, 7) is 0. The summed E-state index contributed by atoms with van der Waals surface area (Å²) in [4.78, 5) is 10.9. The highest BCUT2D eigenvalue weighted by molar-refractivity contribution is 8.68. The quantitative estimate of drug-likeness (QED) is 0.244. The van der Waals surface area contributed by atoms with E-state index in [2.05, 4.69) is 11.7 Å². The molecule has 1 aromatic rings. The molecule has 0 spiro atoms. The van der Waals surface area contributed by atoms with Gasteiger partial charge >= 0.3 is 5.97 Å². The lowest BCUT2D eigenvalue weighted by atomic mass is 10.0. The zero-order chi connectivity index (χ0) is 13.0. The Bertz CT molecular complexity index is 433. The Morgan fingerprint density at radius 1 is 1.29 bits per heavy atom. The maximum atomic E-state index is 10.9. The summed E-state index contributed by atoms with van der Waals surface area (Å²) in [6, 6.07) is 0.931. The van der Waals surface area contributed by atoms with Crippen molar-refractivity contribution < 1.29 is 25.2 Å². The molecule has 0 unspecified atom stereocenters. The molecule has 0 amide bonds. The first-order valence-corrected chi connectivity index (χ1v) is 6.79. The number of carbonyl (C=O) groups is 1. The molecule has 0 aliphatic heterocycles. The molecule has 7 heteroatoms. The molecular formula is C10H12O5S2. The van der Waals surface area contributed by atoms with Crippen LogP contribution in [0, 0.1) is 0 Å². The summed E-state index contributed by atoms with van der Waals surface area (Å²) >= 11 is 3.94. The van der Waals surface area contributed by atoms with E-state index >= 15 is 0 Å². The van der Waals surface area contributed by atoms with Crippen molar-refractivity contribution in [2.45, 2.75) is 12.8 Å². The smallest absolute Gasteiger partial charge is 0.336 e. The van der Waals surface area contributed by atoms with Gasteiger partial charge in [0.25, 0.3) is 0 Å². The molecule has 5 nitrogen and oxygen atoms in total. The van der Waals surface area contributed by atoms with E-state index in [1.54, 1.807) is 0 Å². The molecule has 17 heavy (non-hydrogen) atoms. The van der Waals surface area contributed by atoms with Crippen LogP contribution >= 0.6 is 22.5 Å². The van der Waals surface area contributed by atoms with Crippen molar-refractivity contribution in [2.24, 2.45) is 0 Å². The summed E-state index contributed by atoms with van der Waals surface area (Å²) in [5, 5.41) is 37.1. The minimum absolute atomic E-state index is 0.121. The maximum absolute atomic E-state index is 10.9. The standard InChI is InChI=1S/C10H12O5S2/c11-7-4-6(10(14)15)5(2-1-3-17-16)8(12)9(7)13/h4,11-13,16H,1-3H2,(H,14,15). The summed E-state index contributed by atoms with van der Waals surface area (Å²) in [5.74, 6) is -2.49. The fourth-order valence-electron chi connectivity index (χ4n) is 1.44. The molecule has 1 rings (SSSR count).